The van der Waals surface area contributed by atoms with Crippen LogP contribution in [0.1, 0.15) is 10.4 Å². The molecular formula is C18H13N3O. The van der Waals surface area contributed by atoms with E-state index >= 15 is 0 Å². The third-order valence-electron chi connectivity index (χ3n) is 3.76. The molecule has 0 saturated carbocycles. The fourth-order valence-electron chi connectivity index (χ4n) is 2.69. The fraction of sp³-hybridized carbons (Fsp3) is 0. The molecule has 0 radical (unpaired) electrons. The number of para-hydroxylation sites is 1. The molecule has 0 bridgehead atoms. The highest BCUT2D eigenvalue weighted by molar-refractivity contribution is 6.15. The largest absolute Gasteiger partial charge is 0.359 e. The standard InChI is InChI=1S/C18H13N3O/c22-18(14-6-3-4-12-10-19-9-8-13(12)14)21-17-11-20-16-7-2-1-5-15(16)17/h1-11,20H,(H,21,22). The molecule has 0 fully saturated rings. The van der Waals surface area contributed by atoms with Gasteiger partial charge in [0.25, 0.3) is 5.91 Å². The van der Waals surface area contributed by atoms with Gasteiger partial charge in [0, 0.05) is 40.4 Å². The van der Waals surface area contributed by atoms with Gasteiger partial charge in [-0.15, -0.1) is 0 Å². The average molecular weight is 287 g/mol. The molecule has 0 atom stereocenters. The van der Waals surface area contributed by atoms with E-state index in [4.69, 9.17) is 0 Å². The Balaban J connectivity index is 1.75. The molecule has 2 aromatic carbocycles. The number of nitrogens with zero attached hydrogens (tertiary/aromatic N) is 1. The highest BCUT2D eigenvalue weighted by Gasteiger charge is 2.12. The number of benzene rings is 2. The molecule has 4 rings (SSSR count). The van der Waals surface area contributed by atoms with Crippen molar-refractivity contribution in [1.82, 2.24) is 9.97 Å². The monoisotopic (exact) mass is 287 g/mol. The van der Waals surface area contributed by atoms with Gasteiger partial charge in [-0.25, -0.2) is 0 Å². The van der Waals surface area contributed by atoms with Gasteiger partial charge >= 0.3 is 0 Å². The molecule has 22 heavy (non-hydrogen) atoms. The highest BCUT2D eigenvalue weighted by atomic mass is 16.1. The maximum Gasteiger partial charge on any atom is 0.256 e. The zero-order valence-electron chi connectivity index (χ0n) is 11.7. The third kappa shape index (κ3) is 2.02. The molecule has 2 heterocycles. The van der Waals surface area contributed by atoms with Crippen molar-refractivity contribution < 1.29 is 4.79 Å². The van der Waals surface area contributed by atoms with Gasteiger partial charge in [0.15, 0.2) is 0 Å². The second-order valence-corrected chi connectivity index (χ2v) is 5.10. The molecule has 0 saturated heterocycles. The lowest BCUT2D eigenvalue weighted by atomic mass is 10.1. The highest BCUT2D eigenvalue weighted by Crippen LogP contribution is 2.24. The molecule has 0 aliphatic carbocycles. The molecule has 0 spiro atoms. The predicted molar refractivity (Wildman–Crippen MR) is 88.0 cm³/mol. The summed E-state index contributed by atoms with van der Waals surface area (Å²) in [4.78, 5) is 19.9. The summed E-state index contributed by atoms with van der Waals surface area (Å²) in [6.07, 6.45) is 5.28. The number of amides is 1. The normalized spacial score (nSPS) is 10.9. The topological polar surface area (TPSA) is 57.8 Å². The minimum absolute atomic E-state index is 0.124. The van der Waals surface area contributed by atoms with Crippen LogP contribution in [0, 0.1) is 0 Å². The predicted octanol–water partition coefficient (Wildman–Crippen LogP) is 3.97. The van der Waals surface area contributed by atoms with Gasteiger partial charge in [0.05, 0.1) is 5.69 Å². The molecule has 106 valence electrons. The molecule has 4 aromatic rings. The second kappa shape index (κ2) is 5.00. The number of pyridine rings is 1. The number of carbonyl (C=O) groups is 1. The Labute approximate surface area is 126 Å². The van der Waals surface area contributed by atoms with E-state index in [9.17, 15) is 4.79 Å². The fourth-order valence-corrected chi connectivity index (χ4v) is 2.69. The number of carbonyl (C=O) groups excluding carboxylic acids is 1. The van der Waals surface area contributed by atoms with Gasteiger partial charge < -0.3 is 10.3 Å². The van der Waals surface area contributed by atoms with Crippen LogP contribution < -0.4 is 5.32 Å². The quantitative estimate of drug-likeness (QED) is 0.586. The smallest absolute Gasteiger partial charge is 0.256 e. The summed E-state index contributed by atoms with van der Waals surface area (Å²) in [6.45, 7) is 0. The molecule has 2 aromatic heterocycles. The Bertz CT molecular complexity index is 982. The van der Waals surface area contributed by atoms with Gasteiger partial charge in [-0.3, -0.25) is 9.78 Å². The minimum Gasteiger partial charge on any atom is -0.359 e. The van der Waals surface area contributed by atoms with Crippen molar-refractivity contribution in [2.45, 2.75) is 0 Å². The molecular weight excluding hydrogens is 274 g/mol. The maximum atomic E-state index is 12.6. The van der Waals surface area contributed by atoms with Crippen LogP contribution in [-0.4, -0.2) is 15.9 Å². The SMILES string of the molecule is O=C(Nc1c[nH]c2ccccc12)c1cccc2cnccc12. The first-order valence-corrected chi connectivity index (χ1v) is 7.03. The van der Waals surface area contributed by atoms with Crippen molar-refractivity contribution in [3.63, 3.8) is 0 Å². The lowest BCUT2D eigenvalue weighted by molar-refractivity contribution is 0.102. The van der Waals surface area contributed by atoms with Crippen molar-refractivity contribution in [3.05, 3.63) is 72.7 Å². The Morgan fingerprint density at radius 1 is 1.00 bits per heavy atom. The van der Waals surface area contributed by atoms with Crippen LogP contribution in [0.5, 0.6) is 0 Å². The summed E-state index contributed by atoms with van der Waals surface area (Å²) in [5, 5.41) is 5.83. The zero-order valence-corrected chi connectivity index (χ0v) is 11.7. The summed E-state index contributed by atoms with van der Waals surface area (Å²) in [5.74, 6) is -0.124. The first-order valence-electron chi connectivity index (χ1n) is 7.03. The number of aromatic amines is 1. The van der Waals surface area contributed by atoms with Gasteiger partial charge in [-0.05, 0) is 23.6 Å². The molecule has 4 nitrogen and oxygen atoms in total. The third-order valence-corrected chi connectivity index (χ3v) is 3.76. The number of fused-ring (bicyclic) bond motifs is 2. The number of aromatic nitrogens is 2. The molecule has 2 N–H and O–H groups in total. The molecule has 0 aliphatic heterocycles. The lowest BCUT2D eigenvalue weighted by Gasteiger charge is -2.07. The second-order valence-electron chi connectivity index (χ2n) is 5.10. The zero-order chi connectivity index (χ0) is 14.9. The van der Waals surface area contributed by atoms with Crippen LogP contribution in [0.2, 0.25) is 0 Å². The summed E-state index contributed by atoms with van der Waals surface area (Å²) in [5.41, 5.74) is 2.43. The van der Waals surface area contributed by atoms with Crippen LogP contribution in [-0.2, 0) is 0 Å². The Morgan fingerprint density at radius 3 is 2.86 bits per heavy atom. The van der Waals surface area contributed by atoms with Crippen LogP contribution in [0.15, 0.2) is 67.1 Å². The summed E-state index contributed by atoms with van der Waals surface area (Å²) in [6, 6.07) is 15.4. The van der Waals surface area contributed by atoms with Gasteiger partial charge in [0.1, 0.15) is 0 Å². The lowest BCUT2D eigenvalue weighted by Crippen LogP contribution is -2.12. The summed E-state index contributed by atoms with van der Waals surface area (Å²) < 4.78 is 0. The summed E-state index contributed by atoms with van der Waals surface area (Å²) in [7, 11) is 0. The van der Waals surface area contributed by atoms with Crippen molar-refractivity contribution in [3.8, 4) is 0 Å². The Hall–Kier alpha value is -3.14. The van der Waals surface area contributed by atoms with Crippen molar-refractivity contribution in [1.29, 1.82) is 0 Å². The summed E-state index contributed by atoms with van der Waals surface area (Å²) >= 11 is 0. The molecule has 0 unspecified atom stereocenters. The number of H-pyrrole nitrogens is 1. The van der Waals surface area contributed by atoms with Crippen molar-refractivity contribution in [2.75, 3.05) is 5.32 Å². The van der Waals surface area contributed by atoms with Crippen LogP contribution in [0.3, 0.4) is 0 Å². The molecule has 1 amide bonds. The van der Waals surface area contributed by atoms with Crippen molar-refractivity contribution >= 4 is 33.3 Å². The van der Waals surface area contributed by atoms with Gasteiger partial charge in [0.2, 0.25) is 0 Å². The minimum atomic E-state index is -0.124. The molecule has 4 heteroatoms. The number of rotatable bonds is 2. The van der Waals surface area contributed by atoms with E-state index in [1.165, 1.54) is 0 Å². The van der Waals surface area contributed by atoms with Crippen LogP contribution in [0.25, 0.3) is 21.7 Å². The van der Waals surface area contributed by atoms with Crippen LogP contribution in [0.4, 0.5) is 5.69 Å². The van der Waals surface area contributed by atoms with E-state index in [1.807, 2.05) is 54.7 Å². The van der Waals surface area contributed by atoms with E-state index in [1.54, 1.807) is 12.4 Å². The first kappa shape index (κ1) is 12.6. The van der Waals surface area contributed by atoms with E-state index < -0.39 is 0 Å². The number of hydrogen-bond donors (Lipinski definition) is 2. The van der Waals surface area contributed by atoms with E-state index in [2.05, 4.69) is 15.3 Å². The van der Waals surface area contributed by atoms with Crippen LogP contribution >= 0.6 is 0 Å². The molecule has 0 aliphatic rings. The number of nitrogens with one attached hydrogen (secondary N) is 2. The Morgan fingerprint density at radius 2 is 1.91 bits per heavy atom. The number of anilines is 1. The van der Waals surface area contributed by atoms with E-state index in [0.717, 1.165) is 27.4 Å². The van der Waals surface area contributed by atoms with E-state index in [-0.39, 0.29) is 5.91 Å². The first-order chi connectivity index (χ1) is 10.8. The maximum absolute atomic E-state index is 12.6. The average Bonchev–Trinajstić information content (AvgIpc) is 2.97. The van der Waals surface area contributed by atoms with E-state index in [0.29, 0.717) is 5.56 Å². The number of hydrogen-bond acceptors (Lipinski definition) is 2. The van der Waals surface area contributed by atoms with Gasteiger partial charge in [-0.1, -0.05) is 30.3 Å². The van der Waals surface area contributed by atoms with Crippen molar-refractivity contribution in [2.24, 2.45) is 0 Å². The Kier molecular flexibility index (Phi) is 2.86. The van der Waals surface area contributed by atoms with Gasteiger partial charge in [-0.2, -0.15) is 0 Å².